The van der Waals surface area contributed by atoms with E-state index in [1.165, 1.54) is 30.3 Å². The van der Waals surface area contributed by atoms with Crippen LogP contribution in [-0.4, -0.2) is 90.6 Å². The third-order valence-corrected chi connectivity index (χ3v) is 7.75. The lowest BCUT2D eigenvalue weighted by Gasteiger charge is -2.16. The third-order valence-electron chi connectivity index (χ3n) is 7.18. The van der Waals surface area contributed by atoms with E-state index in [0.29, 0.717) is 57.4 Å². The van der Waals surface area contributed by atoms with Crippen molar-refractivity contribution in [3.8, 4) is 16.9 Å². The van der Waals surface area contributed by atoms with E-state index in [4.69, 9.17) is 46.9 Å². The van der Waals surface area contributed by atoms with Crippen LogP contribution >= 0.6 is 23.2 Å². The number of halogens is 2. The number of aryl methyl sites for hydroxylation is 1. The third kappa shape index (κ3) is 11.9. The Morgan fingerprint density at radius 3 is 1.98 bits per heavy atom. The van der Waals surface area contributed by atoms with Crippen molar-refractivity contribution in [2.24, 2.45) is 7.05 Å². The van der Waals surface area contributed by atoms with Crippen LogP contribution in [0.2, 0.25) is 10.0 Å². The van der Waals surface area contributed by atoms with Gasteiger partial charge in [-0.3, -0.25) is 14.6 Å². The lowest BCUT2D eigenvalue weighted by Crippen LogP contribution is -2.42. The maximum Gasteiger partial charge on any atom is 0.326 e. The van der Waals surface area contributed by atoms with Crippen molar-refractivity contribution < 1.29 is 38.4 Å². The van der Waals surface area contributed by atoms with E-state index in [9.17, 15) is 19.5 Å². The molecule has 4 aromatic rings. The maximum absolute atomic E-state index is 13.1. The summed E-state index contributed by atoms with van der Waals surface area (Å²) in [5, 5.41) is 16.3. The molecular weight excluding hydrogens is 691 g/mol. The Morgan fingerprint density at radius 2 is 1.38 bits per heavy atom. The van der Waals surface area contributed by atoms with Crippen molar-refractivity contribution in [2.45, 2.75) is 19.1 Å². The second kappa shape index (κ2) is 20.3. The molecule has 0 spiro atoms. The van der Waals surface area contributed by atoms with E-state index in [1.807, 2.05) is 30.3 Å². The largest absolute Gasteiger partial charge is 0.489 e. The van der Waals surface area contributed by atoms with E-state index >= 15 is 0 Å². The molecule has 2 heterocycles. The highest BCUT2D eigenvalue weighted by molar-refractivity contribution is 6.39. The van der Waals surface area contributed by atoms with Gasteiger partial charge in [-0.1, -0.05) is 77.8 Å². The number of carboxylic acid groups (broad SMARTS) is 1. The number of amides is 1. The van der Waals surface area contributed by atoms with Crippen LogP contribution in [-0.2, 0) is 43.8 Å². The Kier molecular flexibility index (Phi) is 15.6. The second-order valence-electron chi connectivity index (χ2n) is 10.8. The van der Waals surface area contributed by atoms with Crippen molar-refractivity contribution in [1.29, 1.82) is 0 Å². The number of carbonyl (C=O) groups is 2. The van der Waals surface area contributed by atoms with E-state index < -0.39 is 17.9 Å². The van der Waals surface area contributed by atoms with Gasteiger partial charge >= 0.3 is 5.97 Å². The zero-order valence-electron chi connectivity index (χ0n) is 27.4. The van der Waals surface area contributed by atoms with Crippen molar-refractivity contribution >= 4 is 35.1 Å². The Hall–Kier alpha value is -4.37. The quantitative estimate of drug-likeness (QED) is 0.118. The summed E-state index contributed by atoms with van der Waals surface area (Å²) in [5.74, 6) is -1.72. The van der Waals surface area contributed by atoms with Crippen LogP contribution in [0.4, 0.5) is 0 Å². The molecule has 266 valence electrons. The summed E-state index contributed by atoms with van der Waals surface area (Å²) in [6, 6.07) is 15.3. The molecule has 1 atom stereocenters. The van der Waals surface area contributed by atoms with Crippen LogP contribution in [0.15, 0.2) is 78.0 Å². The van der Waals surface area contributed by atoms with Gasteiger partial charge in [0.1, 0.15) is 12.6 Å². The summed E-state index contributed by atoms with van der Waals surface area (Å²) >= 11 is 12.1. The van der Waals surface area contributed by atoms with Gasteiger partial charge < -0.3 is 34.1 Å². The van der Waals surface area contributed by atoms with Crippen LogP contribution in [0.25, 0.3) is 11.1 Å². The van der Waals surface area contributed by atoms with Gasteiger partial charge in [0, 0.05) is 25.9 Å². The van der Waals surface area contributed by atoms with E-state index in [0.717, 1.165) is 5.56 Å². The number of rotatable bonds is 21. The minimum absolute atomic E-state index is 0.00442. The molecule has 0 fully saturated rings. The number of ether oxygens (including phenoxy) is 5. The fourth-order valence-electron chi connectivity index (χ4n) is 4.63. The van der Waals surface area contributed by atoms with Crippen molar-refractivity contribution in [2.75, 3.05) is 52.9 Å². The van der Waals surface area contributed by atoms with Gasteiger partial charge in [0.15, 0.2) is 5.75 Å². The van der Waals surface area contributed by atoms with E-state index in [2.05, 4.69) is 15.4 Å². The monoisotopic (exact) mass is 728 g/mol. The van der Waals surface area contributed by atoms with Gasteiger partial charge in [-0.25, -0.2) is 9.48 Å². The number of nitrogens with zero attached hydrogens (tertiary/aromatic N) is 3. The molecule has 50 heavy (non-hydrogen) atoms. The molecule has 0 radical (unpaired) electrons. The Morgan fingerprint density at radius 1 is 0.800 bits per heavy atom. The number of pyridine rings is 1. The highest BCUT2D eigenvalue weighted by Crippen LogP contribution is 2.27. The fraction of sp³-hybridized carbons (Fsp3) is 0.343. The topological polar surface area (TPSA) is 160 Å². The number of aliphatic carboxylic acids is 1. The Balaban J connectivity index is 1.19. The SMILES string of the molecule is Cn1ncc(OCCOCCOCCOCCOCc2ccccc2)c(-c2ccc(C[C@H](NC(=O)c3c(Cl)cncc3Cl)C(=O)O)cc2)c1=O. The lowest BCUT2D eigenvalue weighted by molar-refractivity contribution is -0.139. The molecule has 4 rings (SSSR count). The van der Waals surface area contributed by atoms with E-state index in [-0.39, 0.29) is 52.1 Å². The summed E-state index contributed by atoms with van der Waals surface area (Å²) in [6.07, 6.45) is 3.89. The van der Waals surface area contributed by atoms with Gasteiger partial charge in [0.25, 0.3) is 11.5 Å². The van der Waals surface area contributed by atoms with Crippen LogP contribution in [0.5, 0.6) is 5.75 Å². The predicted molar refractivity (Wildman–Crippen MR) is 186 cm³/mol. The highest BCUT2D eigenvalue weighted by Gasteiger charge is 2.24. The summed E-state index contributed by atoms with van der Waals surface area (Å²) in [7, 11) is 1.53. The molecule has 0 aliphatic rings. The predicted octanol–water partition coefficient (Wildman–Crippen LogP) is 4.22. The van der Waals surface area contributed by atoms with Gasteiger partial charge in [-0.2, -0.15) is 5.10 Å². The molecule has 15 heteroatoms. The number of carboxylic acids is 1. The molecule has 13 nitrogen and oxygen atoms in total. The summed E-state index contributed by atoms with van der Waals surface area (Å²) in [5.41, 5.74) is 2.09. The molecule has 0 aliphatic carbocycles. The molecule has 0 saturated heterocycles. The summed E-state index contributed by atoms with van der Waals surface area (Å²) in [6.45, 7) is 3.58. The second-order valence-corrected chi connectivity index (χ2v) is 11.6. The zero-order valence-corrected chi connectivity index (χ0v) is 28.9. The standard InChI is InChI=1S/C35H38Cl2N4O9/c1-41-34(43)31(26-9-7-24(8-10-26)19-29(35(44)45)40-33(42)32-27(36)20-38-21-28(32)37)30(22-39-41)50-18-17-48-14-13-46-11-12-47-15-16-49-23-25-5-3-2-4-6-25/h2-10,20-22,29H,11-19,23H2,1H3,(H,40,42)(H,44,45)/t29-/m0/s1. The van der Waals surface area contributed by atoms with Gasteiger partial charge in [-0.15, -0.1) is 0 Å². The van der Waals surface area contributed by atoms with Crippen LogP contribution < -0.4 is 15.6 Å². The number of hydrogen-bond acceptors (Lipinski definition) is 10. The minimum Gasteiger partial charge on any atom is -0.489 e. The Labute approximate surface area is 299 Å². The molecule has 0 saturated carbocycles. The first-order valence-corrected chi connectivity index (χ1v) is 16.5. The first-order valence-electron chi connectivity index (χ1n) is 15.7. The van der Waals surface area contributed by atoms with Crippen molar-refractivity contribution in [1.82, 2.24) is 20.1 Å². The molecule has 2 aromatic heterocycles. The van der Waals surface area contributed by atoms with Gasteiger partial charge in [0.2, 0.25) is 0 Å². The average Bonchev–Trinajstić information content (AvgIpc) is 3.10. The average molecular weight is 730 g/mol. The first kappa shape index (κ1) is 38.4. The molecule has 2 aromatic carbocycles. The summed E-state index contributed by atoms with van der Waals surface area (Å²) < 4.78 is 29.2. The molecule has 2 N–H and O–H groups in total. The first-order chi connectivity index (χ1) is 24.2. The van der Waals surface area contributed by atoms with Crippen LogP contribution in [0, 0.1) is 0 Å². The molecular formula is C35H38Cl2N4O9. The fourth-order valence-corrected chi connectivity index (χ4v) is 5.17. The normalized spacial score (nSPS) is 11.7. The van der Waals surface area contributed by atoms with Crippen LogP contribution in [0.3, 0.4) is 0 Å². The molecule has 1 amide bonds. The van der Waals surface area contributed by atoms with E-state index in [1.54, 1.807) is 24.3 Å². The molecule has 0 aliphatic heterocycles. The summed E-state index contributed by atoms with van der Waals surface area (Å²) in [4.78, 5) is 41.6. The van der Waals surface area contributed by atoms with Gasteiger partial charge in [0.05, 0.1) is 80.2 Å². The smallest absolute Gasteiger partial charge is 0.326 e. The molecule has 0 unspecified atom stereocenters. The van der Waals surface area contributed by atoms with Gasteiger partial charge in [-0.05, 0) is 16.7 Å². The maximum atomic E-state index is 13.1. The highest BCUT2D eigenvalue weighted by atomic mass is 35.5. The Bertz CT molecular complexity index is 1720. The number of aromatic nitrogens is 3. The lowest BCUT2D eigenvalue weighted by atomic mass is 10.0. The number of nitrogens with one attached hydrogen (secondary N) is 1. The van der Waals surface area contributed by atoms with Crippen molar-refractivity contribution in [3.63, 3.8) is 0 Å². The van der Waals surface area contributed by atoms with Crippen LogP contribution in [0.1, 0.15) is 21.5 Å². The zero-order chi connectivity index (χ0) is 35.7. The number of hydrogen-bond donors (Lipinski definition) is 2. The van der Waals surface area contributed by atoms with Crippen molar-refractivity contribution in [3.05, 3.63) is 110 Å². The number of benzene rings is 2. The minimum atomic E-state index is -1.28. The number of carbonyl (C=O) groups excluding carboxylic acids is 1. The molecule has 0 bridgehead atoms.